The molecule has 4 nitrogen and oxygen atoms in total. The number of nitrogens with zero attached hydrogens (tertiary/aromatic N) is 1. The van der Waals surface area contributed by atoms with E-state index in [1.165, 1.54) is 12.1 Å². The first-order chi connectivity index (χ1) is 7.61. The lowest BCUT2D eigenvalue weighted by molar-refractivity contribution is -0.894. The molecule has 0 aromatic heterocycles. The van der Waals surface area contributed by atoms with Gasteiger partial charge in [0.15, 0.2) is 0 Å². The van der Waals surface area contributed by atoms with Crippen molar-refractivity contribution < 1.29 is 19.2 Å². The smallest absolute Gasteiger partial charge is 0.132 e. The zero-order chi connectivity index (χ0) is 12.0. The van der Waals surface area contributed by atoms with Gasteiger partial charge in [0.1, 0.15) is 25.5 Å². The van der Waals surface area contributed by atoms with Crippen LogP contribution in [-0.2, 0) is 6.54 Å². The standard InChI is InChI=1S/C11H16FNO3/c12-11-4-2-1-3-10(11)9-13(16,5-7-14)6-8-15/h1-4,14-15H,5-9H2. The van der Waals surface area contributed by atoms with Crippen molar-refractivity contribution >= 4 is 0 Å². The number of hydrogen-bond acceptors (Lipinski definition) is 3. The van der Waals surface area contributed by atoms with Crippen LogP contribution in [0.25, 0.3) is 0 Å². The van der Waals surface area contributed by atoms with Crippen LogP contribution in [0.5, 0.6) is 0 Å². The maximum atomic E-state index is 13.3. The second-order valence-electron chi connectivity index (χ2n) is 3.70. The highest BCUT2D eigenvalue weighted by Crippen LogP contribution is 2.15. The van der Waals surface area contributed by atoms with Crippen molar-refractivity contribution in [1.29, 1.82) is 0 Å². The van der Waals surface area contributed by atoms with Gasteiger partial charge in [0.05, 0.1) is 13.2 Å². The Bertz CT molecular complexity index is 327. The summed E-state index contributed by atoms with van der Waals surface area (Å²) in [5.41, 5.74) is 0.305. The normalized spacial score (nSPS) is 11.8. The van der Waals surface area contributed by atoms with Gasteiger partial charge in [0, 0.05) is 5.56 Å². The van der Waals surface area contributed by atoms with Gasteiger partial charge in [-0.25, -0.2) is 4.39 Å². The number of aliphatic hydroxyl groups excluding tert-OH is 2. The minimum absolute atomic E-state index is 0.0467. The summed E-state index contributed by atoms with van der Waals surface area (Å²) in [5.74, 6) is -0.434. The molecule has 0 bridgehead atoms. The quantitative estimate of drug-likeness (QED) is 0.555. The van der Waals surface area contributed by atoms with Crippen LogP contribution in [0.4, 0.5) is 4.39 Å². The van der Waals surface area contributed by atoms with Crippen molar-refractivity contribution in [2.24, 2.45) is 0 Å². The van der Waals surface area contributed by atoms with E-state index in [4.69, 9.17) is 10.2 Å². The summed E-state index contributed by atoms with van der Waals surface area (Å²) in [6.45, 7) is -0.729. The molecule has 0 unspecified atom stereocenters. The van der Waals surface area contributed by atoms with Crippen molar-refractivity contribution in [3.63, 3.8) is 0 Å². The molecule has 1 rings (SSSR count). The van der Waals surface area contributed by atoms with Gasteiger partial charge >= 0.3 is 0 Å². The van der Waals surface area contributed by atoms with E-state index in [-0.39, 0.29) is 32.8 Å². The van der Waals surface area contributed by atoms with Crippen molar-refractivity contribution in [1.82, 2.24) is 0 Å². The molecular formula is C11H16FNO3. The van der Waals surface area contributed by atoms with E-state index in [0.29, 0.717) is 5.56 Å². The molecule has 0 heterocycles. The Hall–Kier alpha value is -1.01. The molecule has 5 heteroatoms. The van der Waals surface area contributed by atoms with E-state index < -0.39 is 10.5 Å². The van der Waals surface area contributed by atoms with E-state index in [9.17, 15) is 9.60 Å². The molecule has 16 heavy (non-hydrogen) atoms. The summed E-state index contributed by atoms with van der Waals surface area (Å²) in [6.07, 6.45) is 0. The number of hydrogen-bond donors (Lipinski definition) is 2. The van der Waals surface area contributed by atoms with Gasteiger partial charge in [-0.2, -0.15) is 0 Å². The lowest BCUT2D eigenvalue weighted by Crippen LogP contribution is -2.45. The van der Waals surface area contributed by atoms with Crippen LogP contribution >= 0.6 is 0 Å². The Kier molecular flexibility index (Phi) is 4.82. The number of hydroxylamine groups is 3. The highest BCUT2D eigenvalue weighted by atomic mass is 19.1. The van der Waals surface area contributed by atoms with Gasteiger partial charge in [0.25, 0.3) is 0 Å². The number of quaternary nitrogens is 1. The molecule has 0 aliphatic heterocycles. The summed E-state index contributed by atoms with van der Waals surface area (Å²) in [7, 11) is 0. The van der Waals surface area contributed by atoms with E-state index in [2.05, 4.69) is 0 Å². The lowest BCUT2D eigenvalue weighted by atomic mass is 10.2. The SMILES string of the molecule is [O-][N+](CCO)(CCO)Cc1ccccc1F. The maximum absolute atomic E-state index is 13.3. The summed E-state index contributed by atoms with van der Waals surface area (Å²) < 4.78 is 12.5. The van der Waals surface area contributed by atoms with Gasteiger partial charge in [-0.15, -0.1) is 0 Å². The van der Waals surface area contributed by atoms with Crippen molar-refractivity contribution in [2.75, 3.05) is 26.3 Å². The van der Waals surface area contributed by atoms with Crippen LogP contribution in [0.2, 0.25) is 0 Å². The van der Waals surface area contributed by atoms with Crippen LogP contribution < -0.4 is 0 Å². The molecule has 0 saturated heterocycles. The molecule has 1 aromatic rings. The molecule has 0 saturated carbocycles. The zero-order valence-corrected chi connectivity index (χ0v) is 8.97. The number of benzene rings is 1. The maximum Gasteiger partial charge on any atom is 0.132 e. The Morgan fingerprint density at radius 3 is 2.19 bits per heavy atom. The Morgan fingerprint density at radius 2 is 1.69 bits per heavy atom. The minimum atomic E-state index is -0.812. The first-order valence-corrected chi connectivity index (χ1v) is 5.13. The molecule has 0 atom stereocenters. The average Bonchev–Trinajstić information content (AvgIpc) is 2.22. The Morgan fingerprint density at radius 1 is 1.12 bits per heavy atom. The van der Waals surface area contributed by atoms with Crippen LogP contribution in [-0.4, -0.2) is 41.2 Å². The predicted octanol–water partition coefficient (Wildman–Crippen LogP) is 0.625. The molecule has 1 aromatic carbocycles. The lowest BCUT2D eigenvalue weighted by Gasteiger charge is -2.42. The van der Waals surface area contributed by atoms with Crippen molar-refractivity contribution in [3.05, 3.63) is 40.9 Å². The van der Waals surface area contributed by atoms with Gasteiger partial charge in [0.2, 0.25) is 0 Å². The topological polar surface area (TPSA) is 63.5 Å². The van der Waals surface area contributed by atoms with E-state index >= 15 is 0 Å². The first-order valence-electron chi connectivity index (χ1n) is 5.13. The van der Waals surface area contributed by atoms with Crippen LogP contribution in [0.15, 0.2) is 24.3 Å². The fourth-order valence-electron chi connectivity index (χ4n) is 1.57. The van der Waals surface area contributed by atoms with Gasteiger partial charge < -0.3 is 20.1 Å². The summed E-state index contributed by atoms with van der Waals surface area (Å²) in [4.78, 5) is 0. The van der Waals surface area contributed by atoms with Crippen LogP contribution in [0.3, 0.4) is 0 Å². The second-order valence-corrected chi connectivity index (χ2v) is 3.70. The van der Waals surface area contributed by atoms with E-state index in [1.54, 1.807) is 12.1 Å². The fourth-order valence-corrected chi connectivity index (χ4v) is 1.57. The van der Waals surface area contributed by atoms with Crippen molar-refractivity contribution in [3.8, 4) is 0 Å². The van der Waals surface area contributed by atoms with Gasteiger partial charge in [-0.1, -0.05) is 18.2 Å². The molecule has 90 valence electrons. The molecular weight excluding hydrogens is 213 g/mol. The van der Waals surface area contributed by atoms with Crippen LogP contribution in [0, 0.1) is 11.0 Å². The monoisotopic (exact) mass is 229 g/mol. The summed E-state index contributed by atoms with van der Waals surface area (Å²) >= 11 is 0. The highest BCUT2D eigenvalue weighted by molar-refractivity contribution is 5.16. The van der Waals surface area contributed by atoms with E-state index in [1.807, 2.05) is 0 Å². The second kappa shape index (κ2) is 5.91. The van der Waals surface area contributed by atoms with E-state index in [0.717, 1.165) is 0 Å². The molecule has 0 aliphatic carbocycles. The third-order valence-electron chi connectivity index (χ3n) is 2.43. The first kappa shape index (κ1) is 13.1. The molecule has 0 aliphatic rings. The van der Waals surface area contributed by atoms with Gasteiger partial charge in [-0.3, -0.25) is 0 Å². The van der Waals surface area contributed by atoms with Crippen molar-refractivity contribution in [2.45, 2.75) is 6.54 Å². The molecule has 0 amide bonds. The minimum Gasteiger partial charge on any atom is -0.632 e. The van der Waals surface area contributed by atoms with Gasteiger partial charge in [-0.05, 0) is 6.07 Å². The summed E-state index contributed by atoms with van der Waals surface area (Å²) in [6, 6.07) is 6.03. The molecule has 0 radical (unpaired) electrons. The predicted molar refractivity (Wildman–Crippen MR) is 57.6 cm³/mol. The molecule has 2 N–H and O–H groups in total. The highest BCUT2D eigenvalue weighted by Gasteiger charge is 2.18. The Labute approximate surface area is 93.7 Å². The Balaban J connectivity index is 2.79. The molecule has 0 spiro atoms. The number of aliphatic hydroxyl groups is 2. The average molecular weight is 229 g/mol. The number of halogens is 1. The third kappa shape index (κ3) is 3.53. The third-order valence-corrected chi connectivity index (χ3v) is 2.43. The summed E-state index contributed by atoms with van der Waals surface area (Å²) in [5, 5.41) is 29.6. The molecule has 0 fully saturated rings. The zero-order valence-electron chi connectivity index (χ0n) is 8.97. The number of rotatable bonds is 6. The largest absolute Gasteiger partial charge is 0.632 e. The fraction of sp³-hybridized carbons (Fsp3) is 0.455. The van der Waals surface area contributed by atoms with Crippen LogP contribution in [0.1, 0.15) is 5.56 Å².